The number of nitrogens with zero attached hydrogens (tertiary/aromatic N) is 2. The van der Waals surface area contributed by atoms with Gasteiger partial charge in [0.2, 0.25) is 5.28 Å². The molecule has 0 atom stereocenters. The molecule has 0 saturated carbocycles. The van der Waals surface area contributed by atoms with Crippen LogP contribution in [0.15, 0.2) is 24.4 Å². The van der Waals surface area contributed by atoms with Crippen LogP contribution >= 0.6 is 11.6 Å². The predicted molar refractivity (Wildman–Crippen MR) is 52.4 cm³/mol. The highest BCUT2D eigenvalue weighted by Gasteiger charge is 2.15. The zero-order valence-corrected chi connectivity index (χ0v) is 8.47. The average molecular weight is 245 g/mol. The summed E-state index contributed by atoms with van der Waals surface area (Å²) in [4.78, 5) is 7.30. The van der Waals surface area contributed by atoms with E-state index in [1.807, 2.05) is 0 Å². The number of halogens is 4. The van der Waals surface area contributed by atoms with Crippen molar-refractivity contribution in [3.63, 3.8) is 0 Å². The minimum absolute atomic E-state index is 0.0939. The Bertz CT molecular complexity index is 546. The molecule has 0 fully saturated rings. The summed E-state index contributed by atoms with van der Waals surface area (Å²) in [7, 11) is 0. The lowest BCUT2D eigenvalue weighted by molar-refractivity contribution is 0.449. The van der Waals surface area contributed by atoms with E-state index in [0.29, 0.717) is 0 Å². The monoisotopic (exact) mass is 244 g/mol. The van der Waals surface area contributed by atoms with Crippen LogP contribution in [0.25, 0.3) is 11.3 Å². The van der Waals surface area contributed by atoms with E-state index in [4.69, 9.17) is 11.6 Å². The Morgan fingerprint density at radius 1 is 1.00 bits per heavy atom. The van der Waals surface area contributed by atoms with Crippen molar-refractivity contribution in [2.75, 3.05) is 0 Å². The van der Waals surface area contributed by atoms with Gasteiger partial charge >= 0.3 is 0 Å². The van der Waals surface area contributed by atoms with Gasteiger partial charge in [-0.25, -0.2) is 23.1 Å². The second-order valence-corrected chi connectivity index (χ2v) is 3.27. The van der Waals surface area contributed by atoms with E-state index in [1.54, 1.807) is 0 Å². The first-order valence-corrected chi connectivity index (χ1v) is 4.60. The van der Waals surface area contributed by atoms with Gasteiger partial charge in [-0.3, -0.25) is 0 Å². The third-order valence-electron chi connectivity index (χ3n) is 1.94. The maximum Gasteiger partial charge on any atom is 0.222 e. The Morgan fingerprint density at radius 2 is 1.75 bits per heavy atom. The Hall–Kier alpha value is -1.62. The van der Waals surface area contributed by atoms with Gasteiger partial charge in [0.15, 0.2) is 17.5 Å². The molecule has 1 aromatic carbocycles. The Labute approximate surface area is 93.7 Å². The second-order valence-electron chi connectivity index (χ2n) is 2.93. The second kappa shape index (κ2) is 4.09. The third-order valence-corrected chi connectivity index (χ3v) is 2.12. The summed E-state index contributed by atoms with van der Waals surface area (Å²) in [5, 5.41) is -0.0957. The Kier molecular flexibility index (Phi) is 2.78. The molecule has 16 heavy (non-hydrogen) atoms. The molecule has 0 bridgehead atoms. The lowest BCUT2D eigenvalue weighted by Gasteiger charge is -2.03. The highest BCUT2D eigenvalue weighted by molar-refractivity contribution is 6.28. The predicted octanol–water partition coefficient (Wildman–Crippen LogP) is 3.21. The standard InChI is InChI=1S/C10H4ClF3N2/c11-10-15-4-3-7(16-10)5-1-2-6(12)9(14)8(5)13/h1-4H. The number of hydrogen-bond acceptors (Lipinski definition) is 2. The van der Waals surface area contributed by atoms with E-state index in [1.165, 1.54) is 12.3 Å². The van der Waals surface area contributed by atoms with E-state index in [-0.39, 0.29) is 16.5 Å². The molecule has 1 aromatic heterocycles. The smallest absolute Gasteiger partial charge is 0.222 e. The minimum Gasteiger partial charge on any atom is -0.226 e. The fraction of sp³-hybridized carbons (Fsp3) is 0. The topological polar surface area (TPSA) is 25.8 Å². The van der Waals surface area contributed by atoms with Crippen molar-refractivity contribution in [3.05, 3.63) is 47.1 Å². The molecule has 0 aliphatic rings. The first-order chi connectivity index (χ1) is 7.59. The largest absolute Gasteiger partial charge is 0.226 e. The van der Waals surface area contributed by atoms with E-state index in [9.17, 15) is 13.2 Å². The molecule has 0 amide bonds. The van der Waals surface area contributed by atoms with Gasteiger partial charge in [-0.2, -0.15) is 0 Å². The van der Waals surface area contributed by atoms with Gasteiger partial charge in [0.25, 0.3) is 0 Å². The zero-order chi connectivity index (χ0) is 11.7. The van der Waals surface area contributed by atoms with Crippen molar-refractivity contribution in [3.8, 4) is 11.3 Å². The van der Waals surface area contributed by atoms with Gasteiger partial charge in [-0.15, -0.1) is 0 Å². The summed E-state index contributed by atoms with van der Waals surface area (Å²) in [6, 6.07) is 3.26. The summed E-state index contributed by atoms with van der Waals surface area (Å²) in [6.45, 7) is 0. The van der Waals surface area contributed by atoms with Crippen LogP contribution in [0.1, 0.15) is 0 Å². The van der Waals surface area contributed by atoms with Gasteiger partial charge in [0.1, 0.15) is 0 Å². The van der Waals surface area contributed by atoms with Crippen LogP contribution in [0.2, 0.25) is 5.28 Å². The molecule has 0 saturated heterocycles. The van der Waals surface area contributed by atoms with Crippen molar-refractivity contribution >= 4 is 11.6 Å². The van der Waals surface area contributed by atoms with Crippen LogP contribution < -0.4 is 0 Å². The van der Waals surface area contributed by atoms with Crippen molar-refractivity contribution < 1.29 is 13.2 Å². The number of benzene rings is 1. The number of hydrogen-bond donors (Lipinski definition) is 0. The molecular weight excluding hydrogens is 241 g/mol. The zero-order valence-electron chi connectivity index (χ0n) is 7.72. The Morgan fingerprint density at radius 3 is 2.44 bits per heavy atom. The fourth-order valence-electron chi connectivity index (χ4n) is 1.21. The molecule has 82 valence electrons. The molecule has 0 aliphatic heterocycles. The molecular formula is C10H4ClF3N2. The molecule has 6 heteroatoms. The third kappa shape index (κ3) is 1.86. The van der Waals surface area contributed by atoms with Crippen LogP contribution in [-0.2, 0) is 0 Å². The van der Waals surface area contributed by atoms with Gasteiger partial charge in [-0.1, -0.05) is 0 Å². The van der Waals surface area contributed by atoms with E-state index < -0.39 is 17.5 Å². The van der Waals surface area contributed by atoms with E-state index >= 15 is 0 Å². The molecule has 0 N–H and O–H groups in total. The van der Waals surface area contributed by atoms with Crippen LogP contribution in [0.3, 0.4) is 0 Å². The minimum atomic E-state index is -1.53. The summed E-state index contributed by atoms with van der Waals surface area (Å²) >= 11 is 5.51. The summed E-state index contributed by atoms with van der Waals surface area (Å²) in [6.07, 6.45) is 1.30. The number of aromatic nitrogens is 2. The van der Waals surface area contributed by atoms with Crippen LogP contribution in [0.4, 0.5) is 13.2 Å². The molecule has 1 heterocycles. The maximum atomic E-state index is 13.4. The SMILES string of the molecule is Fc1ccc(-c2ccnc(Cl)n2)c(F)c1F. The van der Waals surface area contributed by atoms with Gasteiger partial charge in [0, 0.05) is 11.8 Å². The molecule has 2 nitrogen and oxygen atoms in total. The van der Waals surface area contributed by atoms with Crippen LogP contribution in [0.5, 0.6) is 0 Å². The van der Waals surface area contributed by atoms with Crippen molar-refractivity contribution in [1.82, 2.24) is 9.97 Å². The van der Waals surface area contributed by atoms with Crippen molar-refractivity contribution in [2.45, 2.75) is 0 Å². The first-order valence-electron chi connectivity index (χ1n) is 4.22. The highest BCUT2D eigenvalue weighted by Crippen LogP contribution is 2.24. The lowest BCUT2D eigenvalue weighted by Crippen LogP contribution is -1.96. The molecule has 2 rings (SSSR count). The number of rotatable bonds is 1. The highest BCUT2D eigenvalue weighted by atomic mass is 35.5. The molecule has 0 radical (unpaired) electrons. The van der Waals surface area contributed by atoms with Gasteiger partial charge in [-0.05, 0) is 29.8 Å². The average Bonchev–Trinajstić information content (AvgIpc) is 2.26. The normalized spacial score (nSPS) is 10.5. The van der Waals surface area contributed by atoms with Crippen molar-refractivity contribution in [2.24, 2.45) is 0 Å². The summed E-state index contributed by atoms with van der Waals surface area (Å²) in [5.41, 5.74) is -0.0698. The van der Waals surface area contributed by atoms with Crippen molar-refractivity contribution in [1.29, 1.82) is 0 Å². The van der Waals surface area contributed by atoms with E-state index in [0.717, 1.165) is 12.1 Å². The molecule has 0 aliphatic carbocycles. The first kappa shape index (κ1) is 10.9. The maximum absolute atomic E-state index is 13.4. The quantitative estimate of drug-likeness (QED) is 0.569. The molecule has 0 unspecified atom stereocenters. The van der Waals surface area contributed by atoms with Crippen LogP contribution in [0, 0.1) is 17.5 Å². The van der Waals surface area contributed by atoms with Gasteiger partial charge in [0.05, 0.1) is 5.69 Å². The van der Waals surface area contributed by atoms with Crippen LogP contribution in [-0.4, -0.2) is 9.97 Å². The van der Waals surface area contributed by atoms with Gasteiger partial charge < -0.3 is 0 Å². The lowest BCUT2D eigenvalue weighted by atomic mass is 10.1. The molecule has 2 aromatic rings. The molecule has 0 spiro atoms. The fourth-order valence-corrected chi connectivity index (χ4v) is 1.36. The Balaban J connectivity index is 2.61. The summed E-state index contributed by atoms with van der Waals surface area (Å²) in [5.74, 6) is -4.08. The summed E-state index contributed by atoms with van der Waals surface area (Å²) < 4.78 is 39.0. The van der Waals surface area contributed by atoms with E-state index in [2.05, 4.69) is 9.97 Å².